The third-order valence-corrected chi connectivity index (χ3v) is 3.80. The van der Waals surface area contributed by atoms with Crippen LogP contribution in [0.3, 0.4) is 0 Å². The molecular formula is C15H26N2O4. The van der Waals surface area contributed by atoms with Gasteiger partial charge in [0.25, 0.3) is 0 Å². The maximum Gasteiger partial charge on any atom is 0.410 e. The normalized spacial score (nSPS) is 23.1. The number of hydrogen-bond donors (Lipinski definition) is 1. The maximum absolute atomic E-state index is 12.3. The van der Waals surface area contributed by atoms with Crippen LogP contribution in [0.1, 0.15) is 40.0 Å². The van der Waals surface area contributed by atoms with Crippen molar-refractivity contribution < 1.29 is 19.4 Å². The van der Waals surface area contributed by atoms with Crippen molar-refractivity contribution in [3.63, 3.8) is 0 Å². The van der Waals surface area contributed by atoms with Crippen LogP contribution in [0.5, 0.6) is 0 Å². The van der Waals surface area contributed by atoms with Crippen LogP contribution in [-0.4, -0.2) is 64.8 Å². The fourth-order valence-corrected chi connectivity index (χ4v) is 2.75. The summed E-state index contributed by atoms with van der Waals surface area (Å²) in [6, 6.07) is 0.313. The Hall–Kier alpha value is -1.30. The van der Waals surface area contributed by atoms with Crippen LogP contribution in [0.2, 0.25) is 0 Å². The average molecular weight is 298 g/mol. The lowest BCUT2D eigenvalue weighted by molar-refractivity contribution is -0.138. The second-order valence-electron chi connectivity index (χ2n) is 7.15. The number of carboxylic acid groups (broad SMARTS) is 1. The van der Waals surface area contributed by atoms with E-state index in [1.807, 2.05) is 30.6 Å². The monoisotopic (exact) mass is 298 g/mol. The number of ether oxygens (including phenoxy) is 1. The number of carbonyl (C=O) groups is 2. The Morgan fingerprint density at radius 2 is 1.95 bits per heavy atom. The Kier molecular flexibility index (Phi) is 4.76. The Morgan fingerprint density at radius 1 is 1.29 bits per heavy atom. The van der Waals surface area contributed by atoms with E-state index in [1.54, 1.807) is 0 Å². The van der Waals surface area contributed by atoms with Gasteiger partial charge in [-0.25, -0.2) is 4.79 Å². The first-order valence-corrected chi connectivity index (χ1v) is 7.68. The molecule has 0 aromatic heterocycles. The number of carboxylic acids is 1. The quantitative estimate of drug-likeness (QED) is 0.838. The third kappa shape index (κ3) is 5.19. The summed E-state index contributed by atoms with van der Waals surface area (Å²) in [7, 11) is 0. The molecule has 1 saturated heterocycles. The predicted octanol–water partition coefficient (Wildman–Crippen LogP) is 1.79. The van der Waals surface area contributed by atoms with Crippen LogP contribution in [0.25, 0.3) is 0 Å². The van der Waals surface area contributed by atoms with Gasteiger partial charge in [-0.2, -0.15) is 0 Å². The van der Waals surface area contributed by atoms with E-state index in [9.17, 15) is 9.59 Å². The molecule has 0 spiro atoms. The first-order chi connectivity index (χ1) is 9.74. The molecule has 0 aromatic rings. The number of rotatable bonds is 5. The van der Waals surface area contributed by atoms with Crippen LogP contribution < -0.4 is 0 Å². The molecule has 1 atom stereocenters. The Balaban J connectivity index is 1.86. The lowest BCUT2D eigenvalue weighted by atomic mass is 10.1. The van der Waals surface area contributed by atoms with Gasteiger partial charge in [0.1, 0.15) is 5.60 Å². The molecule has 2 rings (SSSR count). The van der Waals surface area contributed by atoms with Gasteiger partial charge in [0.15, 0.2) is 0 Å². The molecule has 21 heavy (non-hydrogen) atoms. The van der Waals surface area contributed by atoms with Gasteiger partial charge in [-0.05, 0) is 52.5 Å². The topological polar surface area (TPSA) is 70.1 Å². The predicted molar refractivity (Wildman–Crippen MR) is 78.1 cm³/mol. The lowest BCUT2D eigenvalue weighted by Crippen LogP contribution is -2.41. The van der Waals surface area contributed by atoms with Crippen molar-refractivity contribution in [3.05, 3.63) is 0 Å². The summed E-state index contributed by atoms with van der Waals surface area (Å²) in [4.78, 5) is 26.8. The molecule has 120 valence electrons. The van der Waals surface area contributed by atoms with Gasteiger partial charge in [-0.1, -0.05) is 0 Å². The molecule has 1 N–H and O–H groups in total. The molecule has 6 heteroatoms. The van der Waals surface area contributed by atoms with Crippen molar-refractivity contribution in [1.82, 2.24) is 9.80 Å². The van der Waals surface area contributed by atoms with E-state index in [1.165, 1.54) is 0 Å². The minimum absolute atomic E-state index is 0.0896. The number of likely N-dealkylation sites (tertiary alicyclic amines) is 1. The zero-order valence-electron chi connectivity index (χ0n) is 13.2. The van der Waals surface area contributed by atoms with Crippen molar-refractivity contribution in [2.45, 2.75) is 51.7 Å². The van der Waals surface area contributed by atoms with E-state index in [2.05, 4.69) is 0 Å². The molecule has 2 fully saturated rings. The molecule has 0 aromatic carbocycles. The van der Waals surface area contributed by atoms with Crippen molar-refractivity contribution in [2.75, 3.05) is 26.2 Å². The minimum Gasteiger partial charge on any atom is -0.480 e. The summed E-state index contributed by atoms with van der Waals surface area (Å²) in [5.41, 5.74) is -0.477. The van der Waals surface area contributed by atoms with Crippen LogP contribution >= 0.6 is 0 Å². The molecule has 1 aliphatic carbocycles. The summed E-state index contributed by atoms with van der Waals surface area (Å²) in [5, 5.41) is 8.83. The summed E-state index contributed by atoms with van der Waals surface area (Å²) in [6.45, 7) is 7.94. The molecule has 0 bridgehead atoms. The third-order valence-electron chi connectivity index (χ3n) is 3.80. The van der Waals surface area contributed by atoms with Crippen molar-refractivity contribution >= 4 is 12.1 Å². The molecule has 6 nitrogen and oxygen atoms in total. The summed E-state index contributed by atoms with van der Waals surface area (Å²) < 4.78 is 5.48. The summed E-state index contributed by atoms with van der Waals surface area (Å²) >= 11 is 0. The Bertz CT molecular complexity index is 401. The maximum atomic E-state index is 12.3. The van der Waals surface area contributed by atoms with Gasteiger partial charge in [0, 0.05) is 19.1 Å². The average Bonchev–Trinajstić information content (AvgIpc) is 3.05. The second-order valence-corrected chi connectivity index (χ2v) is 7.15. The van der Waals surface area contributed by atoms with E-state index in [4.69, 9.17) is 9.84 Å². The van der Waals surface area contributed by atoms with E-state index >= 15 is 0 Å². The highest BCUT2D eigenvalue weighted by molar-refractivity contribution is 5.69. The first kappa shape index (κ1) is 16.1. The van der Waals surface area contributed by atoms with E-state index in [0.717, 1.165) is 32.4 Å². The number of aliphatic carboxylic acids is 1. The van der Waals surface area contributed by atoms with Crippen molar-refractivity contribution in [1.29, 1.82) is 0 Å². The Labute approximate surface area is 126 Å². The van der Waals surface area contributed by atoms with E-state index in [0.29, 0.717) is 18.5 Å². The van der Waals surface area contributed by atoms with Gasteiger partial charge < -0.3 is 14.7 Å². The molecule has 1 unspecified atom stereocenters. The molecule has 2 aliphatic rings. The van der Waals surface area contributed by atoms with Gasteiger partial charge in [0.2, 0.25) is 0 Å². The largest absolute Gasteiger partial charge is 0.480 e. The van der Waals surface area contributed by atoms with Crippen molar-refractivity contribution in [2.24, 2.45) is 5.92 Å². The number of amides is 1. The van der Waals surface area contributed by atoms with Crippen LogP contribution in [-0.2, 0) is 9.53 Å². The zero-order valence-corrected chi connectivity index (χ0v) is 13.2. The highest BCUT2D eigenvalue weighted by Crippen LogP contribution is 2.30. The first-order valence-electron chi connectivity index (χ1n) is 7.68. The van der Waals surface area contributed by atoms with Crippen LogP contribution in [0.15, 0.2) is 0 Å². The van der Waals surface area contributed by atoms with Gasteiger partial charge >= 0.3 is 12.1 Å². The number of carbonyl (C=O) groups excluding carboxylic acids is 1. The molecule has 0 radical (unpaired) electrons. The Morgan fingerprint density at radius 3 is 2.48 bits per heavy atom. The fourth-order valence-electron chi connectivity index (χ4n) is 2.75. The van der Waals surface area contributed by atoms with Crippen LogP contribution in [0, 0.1) is 5.92 Å². The highest BCUT2D eigenvalue weighted by Gasteiger charge is 2.37. The van der Waals surface area contributed by atoms with E-state index in [-0.39, 0.29) is 12.6 Å². The van der Waals surface area contributed by atoms with Crippen LogP contribution in [0.4, 0.5) is 4.79 Å². The van der Waals surface area contributed by atoms with Gasteiger partial charge in [-0.15, -0.1) is 0 Å². The highest BCUT2D eigenvalue weighted by atomic mass is 16.6. The molecule has 1 heterocycles. The lowest BCUT2D eigenvalue weighted by Gasteiger charge is -2.29. The van der Waals surface area contributed by atoms with Crippen molar-refractivity contribution in [3.8, 4) is 0 Å². The molecule has 1 aliphatic heterocycles. The molecule has 1 saturated carbocycles. The minimum atomic E-state index is -0.790. The van der Waals surface area contributed by atoms with Gasteiger partial charge in [-0.3, -0.25) is 9.69 Å². The number of nitrogens with zero attached hydrogens (tertiary/aromatic N) is 2. The zero-order chi connectivity index (χ0) is 15.6. The summed E-state index contributed by atoms with van der Waals surface area (Å²) in [5.74, 6) is -0.445. The standard InChI is InChI=1S/C15H26N2O4/c1-15(2,3)21-14(20)17(12-4-5-12)9-11-6-7-16(8-11)10-13(18)19/h11-12H,4-10H2,1-3H3,(H,18,19). The SMILES string of the molecule is CC(C)(C)OC(=O)N(CC1CCN(CC(=O)O)C1)C1CC1. The smallest absolute Gasteiger partial charge is 0.410 e. The van der Waals surface area contributed by atoms with E-state index < -0.39 is 11.6 Å². The number of hydrogen-bond acceptors (Lipinski definition) is 4. The molecular weight excluding hydrogens is 272 g/mol. The fraction of sp³-hybridized carbons (Fsp3) is 0.867. The molecule has 1 amide bonds. The second kappa shape index (κ2) is 6.22. The van der Waals surface area contributed by atoms with Gasteiger partial charge in [0.05, 0.1) is 6.54 Å². The summed E-state index contributed by atoms with van der Waals surface area (Å²) in [6.07, 6.45) is 2.80.